The molecule has 0 heterocycles. The molecule has 4 heteroatoms. The van der Waals surface area contributed by atoms with Crippen LogP contribution < -0.4 is 24.8 Å². The third-order valence-corrected chi connectivity index (χ3v) is 4.16. The van der Waals surface area contributed by atoms with Gasteiger partial charge in [-0.25, -0.2) is 5.57 Å². The summed E-state index contributed by atoms with van der Waals surface area (Å²) in [4.78, 5) is 0. The molecule has 1 nitrogen and oxygen atoms in total. The fourth-order valence-electron chi connectivity index (χ4n) is 2.36. The van der Waals surface area contributed by atoms with Crippen LogP contribution in [0.3, 0.4) is 0 Å². The van der Waals surface area contributed by atoms with Gasteiger partial charge in [0.15, 0.2) is 0 Å². The summed E-state index contributed by atoms with van der Waals surface area (Å²) in [6, 6.07) is 5.71. The summed E-state index contributed by atoms with van der Waals surface area (Å²) in [5.74, 6) is 0.921. The molecule has 1 aromatic carbocycles. The fourth-order valence-corrected chi connectivity index (χ4v) is 2.36. The standard InChI is InChI=1S/C11H16O.C9H13.C3H6.2ClH.Ti/c1-8-5-9(11(2,3)4)7-10(12)6-8;1-6-5-7(2)9(4)8(6)3;1-3-2;;;/h5-7,12H,1-4H3;6H,1-4H3;1-2H3;2*1H;/q;-1;;;;+1/p-2. The van der Waals surface area contributed by atoms with Crippen LogP contribution in [0.2, 0.25) is 0 Å². The van der Waals surface area contributed by atoms with Crippen molar-refractivity contribution >= 4 is 3.81 Å². The van der Waals surface area contributed by atoms with E-state index in [1.54, 1.807) is 6.07 Å². The Kier molecular flexibility index (Phi) is 16.0. The maximum atomic E-state index is 9.36. The first-order valence-electron chi connectivity index (χ1n) is 8.86. The molecule has 0 saturated heterocycles. The summed E-state index contributed by atoms with van der Waals surface area (Å²) in [5.41, 5.74) is 6.65. The second-order valence-electron chi connectivity index (χ2n) is 8.11. The number of aryl methyl sites for hydroxylation is 1. The fraction of sp³-hybridized carbons (Fsp3) is 0.522. The van der Waals surface area contributed by atoms with Gasteiger partial charge in [0.25, 0.3) is 0 Å². The van der Waals surface area contributed by atoms with Crippen molar-refractivity contribution in [2.75, 3.05) is 0 Å². The zero-order valence-electron chi connectivity index (χ0n) is 18.5. The average Bonchev–Trinajstić information content (AvgIpc) is 2.63. The first kappa shape index (κ1) is 31.4. The molecule has 0 fully saturated rings. The van der Waals surface area contributed by atoms with Crippen molar-refractivity contribution in [2.45, 2.75) is 74.7 Å². The molecule has 1 N–H and O–H groups in total. The Morgan fingerprint density at radius 3 is 1.67 bits per heavy atom. The molecule has 1 atom stereocenters. The molecule has 0 amide bonds. The van der Waals surface area contributed by atoms with Gasteiger partial charge in [-0.15, -0.1) is 6.92 Å². The SMILES string of the molecule is CC1=[C-]C(C)C(C)=C1C.C[C](C)=[Ti+].Cc1cc(O)cc(C(C)(C)C)c1.[Cl-].[Cl-]. The molecule has 0 saturated carbocycles. The predicted molar refractivity (Wildman–Crippen MR) is 108 cm³/mol. The Labute approximate surface area is 191 Å². The minimum Gasteiger partial charge on any atom is -1.00 e. The zero-order chi connectivity index (χ0) is 19.9. The van der Waals surface area contributed by atoms with Crippen molar-refractivity contribution in [3.63, 3.8) is 0 Å². The van der Waals surface area contributed by atoms with E-state index < -0.39 is 0 Å². The molecule has 1 unspecified atom stereocenters. The van der Waals surface area contributed by atoms with E-state index in [1.165, 1.54) is 26.1 Å². The molecule has 153 valence electrons. The summed E-state index contributed by atoms with van der Waals surface area (Å²) >= 11 is 2.08. The number of aromatic hydroxyl groups is 1. The monoisotopic (exact) mass is 445 g/mol. The smallest absolute Gasteiger partial charge is 0.116 e. The van der Waals surface area contributed by atoms with E-state index in [9.17, 15) is 5.11 Å². The topological polar surface area (TPSA) is 20.2 Å². The van der Waals surface area contributed by atoms with Gasteiger partial charge < -0.3 is 29.9 Å². The van der Waals surface area contributed by atoms with E-state index in [2.05, 4.69) is 94.4 Å². The van der Waals surface area contributed by atoms with Crippen LogP contribution in [-0.2, 0) is 25.4 Å². The van der Waals surface area contributed by atoms with Gasteiger partial charge in [0, 0.05) is 0 Å². The van der Waals surface area contributed by atoms with Gasteiger partial charge in [-0.05, 0) is 35.6 Å². The Balaban J connectivity index is -0.000000343. The third-order valence-electron chi connectivity index (χ3n) is 4.16. The summed E-state index contributed by atoms with van der Waals surface area (Å²) in [6.45, 7) is 21.3. The summed E-state index contributed by atoms with van der Waals surface area (Å²) in [7, 11) is 0. The number of phenolic OH excluding ortho intramolecular Hbond substituents is 1. The number of hydrogen-bond acceptors (Lipinski definition) is 1. The van der Waals surface area contributed by atoms with Gasteiger partial charge >= 0.3 is 37.6 Å². The van der Waals surface area contributed by atoms with Gasteiger partial charge in [-0.1, -0.05) is 53.5 Å². The van der Waals surface area contributed by atoms with Gasteiger partial charge in [0.05, 0.1) is 0 Å². The zero-order valence-corrected chi connectivity index (χ0v) is 21.6. The van der Waals surface area contributed by atoms with Crippen LogP contribution in [0.1, 0.15) is 73.4 Å². The Bertz CT molecular complexity index is 643. The van der Waals surface area contributed by atoms with Gasteiger partial charge in [0.2, 0.25) is 0 Å². The van der Waals surface area contributed by atoms with E-state index in [4.69, 9.17) is 0 Å². The van der Waals surface area contributed by atoms with Crippen molar-refractivity contribution < 1.29 is 49.9 Å². The molecule has 0 aliphatic heterocycles. The molecule has 1 aromatic rings. The van der Waals surface area contributed by atoms with Crippen LogP contribution in [0.4, 0.5) is 0 Å². The van der Waals surface area contributed by atoms with E-state index in [0.717, 1.165) is 5.56 Å². The molecular weight excluding hydrogens is 411 g/mol. The van der Waals surface area contributed by atoms with Gasteiger partial charge in [-0.2, -0.15) is 11.1 Å². The van der Waals surface area contributed by atoms with Crippen LogP contribution in [0.25, 0.3) is 0 Å². The Morgan fingerprint density at radius 1 is 1.00 bits per heavy atom. The van der Waals surface area contributed by atoms with Crippen molar-refractivity contribution in [1.29, 1.82) is 0 Å². The number of rotatable bonds is 0. The Hall–Kier alpha value is -0.336. The molecule has 0 spiro atoms. The minimum absolute atomic E-state index is 0. The molecule has 0 aromatic heterocycles. The molecule has 0 radical (unpaired) electrons. The van der Waals surface area contributed by atoms with Crippen LogP contribution in [0.5, 0.6) is 5.75 Å². The molecule has 1 aliphatic carbocycles. The molecule has 2 rings (SSSR count). The maximum Gasteiger partial charge on any atom is 0.116 e. The predicted octanol–water partition coefficient (Wildman–Crippen LogP) is 0.474. The average molecular weight is 446 g/mol. The van der Waals surface area contributed by atoms with Gasteiger partial charge in [0.1, 0.15) is 5.75 Å². The van der Waals surface area contributed by atoms with E-state index >= 15 is 0 Å². The number of benzene rings is 1. The van der Waals surface area contributed by atoms with E-state index in [1.807, 2.05) is 13.0 Å². The molecule has 0 bridgehead atoms. The Morgan fingerprint density at radius 2 is 1.44 bits per heavy atom. The van der Waals surface area contributed by atoms with Crippen molar-refractivity contribution in [1.82, 2.24) is 0 Å². The second-order valence-corrected chi connectivity index (χ2v) is 9.67. The molecule has 27 heavy (non-hydrogen) atoms. The second kappa shape index (κ2) is 13.8. The quantitative estimate of drug-likeness (QED) is 0.454. The van der Waals surface area contributed by atoms with Crippen LogP contribution in [0.15, 0.2) is 34.9 Å². The summed E-state index contributed by atoms with van der Waals surface area (Å²) in [6.07, 6.45) is 3.36. The first-order chi connectivity index (χ1) is 11.3. The van der Waals surface area contributed by atoms with Gasteiger partial charge in [-0.3, -0.25) is 6.08 Å². The number of halogens is 2. The maximum absolute atomic E-state index is 9.36. The number of phenols is 1. The van der Waals surface area contributed by atoms with Crippen LogP contribution >= 0.6 is 0 Å². The summed E-state index contributed by atoms with van der Waals surface area (Å²) in [5, 5.41) is 9.36. The minimum atomic E-state index is 0. The molecular formula is C23H35Cl2OTi-2. The van der Waals surface area contributed by atoms with Crippen molar-refractivity contribution in [3.05, 3.63) is 52.1 Å². The normalized spacial score (nSPS) is 15.3. The van der Waals surface area contributed by atoms with E-state index in [-0.39, 0.29) is 30.2 Å². The third kappa shape index (κ3) is 12.7. The summed E-state index contributed by atoms with van der Waals surface area (Å²) < 4.78 is 1.42. The first-order valence-corrected chi connectivity index (χ1v) is 9.64. The van der Waals surface area contributed by atoms with Crippen LogP contribution in [-0.4, -0.2) is 8.92 Å². The number of allylic oxidation sites excluding steroid dienone is 4. The van der Waals surface area contributed by atoms with Crippen LogP contribution in [0, 0.1) is 18.9 Å². The van der Waals surface area contributed by atoms with Crippen molar-refractivity contribution in [2.24, 2.45) is 5.92 Å². The molecule has 1 aliphatic rings. The number of hydrogen-bond donors (Lipinski definition) is 1. The van der Waals surface area contributed by atoms with E-state index in [0.29, 0.717) is 11.7 Å². The van der Waals surface area contributed by atoms with Crippen molar-refractivity contribution in [3.8, 4) is 5.75 Å². The largest absolute Gasteiger partial charge is 1.00 e.